The van der Waals surface area contributed by atoms with Gasteiger partial charge in [0, 0.05) is 12.0 Å². The van der Waals surface area contributed by atoms with Gasteiger partial charge in [-0.2, -0.15) is 0 Å². The second-order valence-corrected chi connectivity index (χ2v) is 7.99. The Morgan fingerprint density at radius 3 is 2.00 bits per heavy atom. The third kappa shape index (κ3) is 13.6. The van der Waals surface area contributed by atoms with Gasteiger partial charge in [-0.05, 0) is 6.42 Å². The molecule has 0 spiro atoms. The number of nitrogens with one attached hydrogen (secondary N) is 1. The normalized spacial score (nSPS) is 12.6. The topological polar surface area (TPSA) is 95.9 Å². The fourth-order valence-electron chi connectivity index (χ4n) is 2.67. The first kappa shape index (κ1) is 25.9. The van der Waals surface area contributed by atoms with Crippen LogP contribution < -0.4 is 5.32 Å². The van der Waals surface area contributed by atoms with Crippen LogP contribution in [0.1, 0.15) is 91.4 Å². The van der Waals surface area contributed by atoms with Gasteiger partial charge in [-0.15, -0.1) is 0 Å². The minimum absolute atomic E-state index is 0.0791. The maximum Gasteiger partial charge on any atom is 0.307 e. The van der Waals surface area contributed by atoms with Crippen LogP contribution in [-0.4, -0.2) is 48.0 Å². The van der Waals surface area contributed by atoms with Gasteiger partial charge in [-0.3, -0.25) is 9.59 Å². The summed E-state index contributed by atoms with van der Waals surface area (Å²) in [6.45, 7) is 5.66. The van der Waals surface area contributed by atoms with Crippen molar-refractivity contribution in [3.8, 4) is 0 Å². The maximum atomic E-state index is 11.8. The van der Waals surface area contributed by atoms with E-state index in [0.29, 0.717) is 6.61 Å². The second kappa shape index (κ2) is 15.9. The molecular formula is C21H41NO5. The van der Waals surface area contributed by atoms with Crippen LogP contribution in [0.3, 0.4) is 0 Å². The van der Waals surface area contributed by atoms with E-state index in [4.69, 9.17) is 9.84 Å². The van der Waals surface area contributed by atoms with E-state index in [1.54, 1.807) is 13.8 Å². The van der Waals surface area contributed by atoms with Crippen molar-refractivity contribution in [1.82, 2.24) is 5.32 Å². The van der Waals surface area contributed by atoms with Crippen LogP contribution in [0.5, 0.6) is 0 Å². The first-order chi connectivity index (χ1) is 12.8. The number of carbonyl (C=O) groups is 2. The summed E-state index contributed by atoms with van der Waals surface area (Å²) >= 11 is 0. The monoisotopic (exact) mass is 387 g/mol. The third-order valence-electron chi connectivity index (χ3n) is 4.79. The molecule has 0 aliphatic rings. The largest absolute Gasteiger partial charge is 0.466 e. The van der Waals surface area contributed by atoms with Crippen LogP contribution in [0.15, 0.2) is 0 Å². The number of hydrogen-bond acceptors (Lipinski definition) is 5. The minimum Gasteiger partial charge on any atom is -0.466 e. The predicted octanol–water partition coefficient (Wildman–Crippen LogP) is 3.34. The number of aliphatic hydroxyl groups excluding tert-OH is 2. The van der Waals surface area contributed by atoms with Crippen LogP contribution in [-0.2, 0) is 14.3 Å². The van der Waals surface area contributed by atoms with E-state index in [-0.39, 0.29) is 25.5 Å². The minimum atomic E-state index is -1.31. The lowest BCUT2D eigenvalue weighted by Crippen LogP contribution is -2.46. The van der Waals surface area contributed by atoms with E-state index < -0.39 is 17.4 Å². The fourth-order valence-corrected chi connectivity index (χ4v) is 2.67. The first-order valence-electron chi connectivity index (χ1n) is 10.6. The molecule has 0 aromatic rings. The van der Waals surface area contributed by atoms with Gasteiger partial charge in [0.1, 0.15) is 6.10 Å². The zero-order chi connectivity index (χ0) is 20.5. The lowest BCUT2D eigenvalue weighted by Gasteiger charge is -2.27. The highest BCUT2D eigenvalue weighted by molar-refractivity contribution is 5.81. The standard InChI is InChI=1S/C21H41NO5/c1-4-5-6-7-8-9-10-11-12-13-16-27-18(24)14-15-22-20(26)19(25)21(2,3)17-23/h19,23,25H,4-17H2,1-3H3,(H,22,26)/t19-/m0/s1. The van der Waals surface area contributed by atoms with Crippen molar-refractivity contribution in [2.75, 3.05) is 19.8 Å². The molecule has 0 heterocycles. The molecule has 160 valence electrons. The van der Waals surface area contributed by atoms with Gasteiger partial charge >= 0.3 is 5.97 Å². The summed E-state index contributed by atoms with van der Waals surface area (Å²) in [7, 11) is 0. The van der Waals surface area contributed by atoms with Crippen molar-refractivity contribution < 1.29 is 24.5 Å². The van der Waals surface area contributed by atoms with Crippen LogP contribution >= 0.6 is 0 Å². The van der Waals surface area contributed by atoms with Crippen molar-refractivity contribution >= 4 is 11.9 Å². The second-order valence-electron chi connectivity index (χ2n) is 7.99. The Morgan fingerprint density at radius 1 is 0.963 bits per heavy atom. The number of rotatable bonds is 17. The molecule has 0 unspecified atom stereocenters. The Bertz CT molecular complexity index is 398. The van der Waals surface area contributed by atoms with Crippen molar-refractivity contribution in [2.24, 2.45) is 5.41 Å². The van der Waals surface area contributed by atoms with Gasteiger partial charge in [-0.1, -0.05) is 78.6 Å². The molecule has 0 rings (SSSR count). The highest BCUT2D eigenvalue weighted by Gasteiger charge is 2.32. The molecule has 0 aromatic carbocycles. The molecular weight excluding hydrogens is 346 g/mol. The van der Waals surface area contributed by atoms with Crippen LogP contribution in [0.2, 0.25) is 0 Å². The molecule has 6 nitrogen and oxygen atoms in total. The zero-order valence-electron chi connectivity index (χ0n) is 17.6. The van der Waals surface area contributed by atoms with Crippen molar-refractivity contribution in [1.29, 1.82) is 0 Å². The molecule has 27 heavy (non-hydrogen) atoms. The van der Waals surface area contributed by atoms with Gasteiger partial charge in [0.05, 0.1) is 19.6 Å². The summed E-state index contributed by atoms with van der Waals surface area (Å²) < 4.78 is 5.15. The zero-order valence-corrected chi connectivity index (χ0v) is 17.6. The first-order valence-corrected chi connectivity index (χ1v) is 10.6. The molecule has 3 N–H and O–H groups in total. The average Bonchev–Trinajstić information content (AvgIpc) is 2.65. The number of carbonyl (C=O) groups excluding carboxylic acids is 2. The molecule has 0 fully saturated rings. The van der Waals surface area contributed by atoms with Crippen molar-refractivity contribution in [3.63, 3.8) is 0 Å². The molecule has 0 aromatic heterocycles. The summed E-state index contributed by atoms with van der Waals surface area (Å²) in [4.78, 5) is 23.4. The summed E-state index contributed by atoms with van der Waals surface area (Å²) in [5, 5.41) is 21.5. The molecule has 0 radical (unpaired) electrons. The van der Waals surface area contributed by atoms with Gasteiger partial charge in [0.25, 0.3) is 0 Å². The smallest absolute Gasteiger partial charge is 0.307 e. The Morgan fingerprint density at radius 2 is 1.48 bits per heavy atom. The van der Waals surface area contributed by atoms with E-state index in [1.807, 2.05) is 0 Å². The Balaban J connectivity index is 3.53. The predicted molar refractivity (Wildman–Crippen MR) is 107 cm³/mol. The average molecular weight is 388 g/mol. The highest BCUT2D eigenvalue weighted by atomic mass is 16.5. The van der Waals surface area contributed by atoms with E-state index in [2.05, 4.69) is 12.2 Å². The highest BCUT2D eigenvalue weighted by Crippen LogP contribution is 2.19. The van der Waals surface area contributed by atoms with Crippen molar-refractivity contribution in [3.05, 3.63) is 0 Å². The fraction of sp³-hybridized carbons (Fsp3) is 0.905. The number of hydrogen-bond donors (Lipinski definition) is 3. The molecule has 0 bridgehead atoms. The van der Waals surface area contributed by atoms with Gasteiger partial charge < -0.3 is 20.3 Å². The maximum absolute atomic E-state index is 11.8. The quantitative estimate of drug-likeness (QED) is 0.263. The van der Waals surface area contributed by atoms with Crippen LogP contribution in [0.4, 0.5) is 0 Å². The molecule has 0 saturated heterocycles. The summed E-state index contributed by atoms with van der Waals surface area (Å²) in [5.74, 6) is -0.932. The Hall–Kier alpha value is -1.14. The van der Waals surface area contributed by atoms with Crippen molar-refractivity contribution in [2.45, 2.75) is 97.5 Å². The molecule has 1 atom stereocenters. The van der Waals surface area contributed by atoms with E-state index in [9.17, 15) is 14.7 Å². The van der Waals surface area contributed by atoms with Gasteiger partial charge in [0.2, 0.25) is 5.91 Å². The van der Waals surface area contributed by atoms with E-state index >= 15 is 0 Å². The molecule has 1 amide bonds. The van der Waals surface area contributed by atoms with Gasteiger partial charge in [0.15, 0.2) is 0 Å². The lowest BCUT2D eigenvalue weighted by molar-refractivity contribution is -0.144. The Labute approximate surface area is 165 Å². The summed E-state index contributed by atoms with van der Waals surface area (Å²) in [6, 6.07) is 0. The molecule has 0 aliphatic carbocycles. The number of amides is 1. The number of ether oxygens (including phenoxy) is 1. The SMILES string of the molecule is CCCCCCCCCCCCOC(=O)CCNC(=O)[C@H](O)C(C)(C)CO. The van der Waals surface area contributed by atoms with Crippen LogP contribution in [0.25, 0.3) is 0 Å². The molecule has 0 saturated carbocycles. The number of aliphatic hydroxyl groups is 2. The summed E-state index contributed by atoms with van der Waals surface area (Å²) in [5.41, 5.74) is -0.917. The molecule has 0 aliphatic heterocycles. The van der Waals surface area contributed by atoms with E-state index in [0.717, 1.165) is 12.8 Å². The molecule has 6 heteroatoms. The van der Waals surface area contributed by atoms with Crippen LogP contribution in [0, 0.1) is 5.41 Å². The van der Waals surface area contributed by atoms with Gasteiger partial charge in [-0.25, -0.2) is 0 Å². The third-order valence-corrected chi connectivity index (χ3v) is 4.79. The Kier molecular flexibility index (Phi) is 15.2. The lowest BCUT2D eigenvalue weighted by atomic mass is 9.87. The number of esters is 1. The summed E-state index contributed by atoms with van der Waals surface area (Å²) in [6.07, 6.45) is 11.1. The van der Waals surface area contributed by atoms with E-state index in [1.165, 1.54) is 51.4 Å². The number of unbranched alkanes of at least 4 members (excludes halogenated alkanes) is 9.